The van der Waals surface area contributed by atoms with Crippen LogP contribution in [0.1, 0.15) is 23.3 Å². The molecule has 1 fully saturated rings. The maximum atomic E-state index is 12.8. The fourth-order valence-corrected chi connectivity index (χ4v) is 5.84. The Kier molecular flexibility index (Phi) is 6.42. The van der Waals surface area contributed by atoms with Crippen molar-refractivity contribution in [2.75, 3.05) is 27.2 Å². The summed E-state index contributed by atoms with van der Waals surface area (Å²) in [7, 11) is -0.183. The summed E-state index contributed by atoms with van der Waals surface area (Å²) >= 11 is 1.66. The predicted octanol–water partition coefficient (Wildman–Crippen LogP) is 3.12. The van der Waals surface area contributed by atoms with Crippen molar-refractivity contribution in [1.82, 2.24) is 9.21 Å². The molecule has 0 atom stereocenters. The average Bonchev–Trinajstić information content (AvgIpc) is 3.12. The van der Waals surface area contributed by atoms with E-state index in [4.69, 9.17) is 4.74 Å². The molecular formula is C20H26N2O4S2. The summed E-state index contributed by atoms with van der Waals surface area (Å²) < 4.78 is 32.2. The molecule has 0 bridgehead atoms. The molecule has 0 radical (unpaired) electrons. The molecule has 1 aromatic heterocycles. The second-order valence-electron chi connectivity index (χ2n) is 7.07. The van der Waals surface area contributed by atoms with Gasteiger partial charge in [0.1, 0.15) is 5.75 Å². The van der Waals surface area contributed by atoms with Gasteiger partial charge in [0.2, 0.25) is 15.9 Å². The number of thiophene rings is 1. The van der Waals surface area contributed by atoms with E-state index in [1.807, 2.05) is 19.4 Å². The van der Waals surface area contributed by atoms with Gasteiger partial charge in [-0.1, -0.05) is 0 Å². The van der Waals surface area contributed by atoms with Gasteiger partial charge in [-0.25, -0.2) is 8.42 Å². The minimum Gasteiger partial charge on any atom is -0.497 e. The van der Waals surface area contributed by atoms with Crippen molar-refractivity contribution in [2.24, 2.45) is 5.92 Å². The van der Waals surface area contributed by atoms with Crippen LogP contribution in [0.4, 0.5) is 0 Å². The van der Waals surface area contributed by atoms with Crippen LogP contribution < -0.4 is 4.74 Å². The summed E-state index contributed by atoms with van der Waals surface area (Å²) in [5, 5.41) is 2.03. The van der Waals surface area contributed by atoms with Crippen molar-refractivity contribution >= 4 is 27.3 Å². The summed E-state index contributed by atoms with van der Waals surface area (Å²) in [6.07, 6.45) is 1.09. The fraction of sp³-hybridized carbons (Fsp3) is 0.450. The van der Waals surface area contributed by atoms with E-state index in [2.05, 4.69) is 6.07 Å². The molecule has 2 heterocycles. The third-order valence-electron chi connectivity index (χ3n) is 5.23. The number of piperidine rings is 1. The van der Waals surface area contributed by atoms with Crippen molar-refractivity contribution < 1.29 is 17.9 Å². The number of benzene rings is 1. The summed E-state index contributed by atoms with van der Waals surface area (Å²) in [5.41, 5.74) is 1.20. The van der Waals surface area contributed by atoms with Gasteiger partial charge in [-0.3, -0.25) is 4.79 Å². The molecule has 0 saturated carbocycles. The highest BCUT2D eigenvalue weighted by Gasteiger charge is 2.33. The molecule has 0 N–H and O–H groups in total. The number of amides is 1. The van der Waals surface area contributed by atoms with Gasteiger partial charge in [0.05, 0.1) is 18.6 Å². The standard InChI is InChI=1S/C20H26N2O4S2/c1-15-10-13-27-19(15)14-21(2)20(23)16-8-11-22(12-9-16)28(24,25)18-6-4-17(26-3)5-7-18/h4-7,10,13,16H,8-9,11-12,14H2,1-3H3. The predicted molar refractivity (Wildman–Crippen MR) is 110 cm³/mol. The van der Waals surface area contributed by atoms with E-state index in [1.165, 1.54) is 14.7 Å². The van der Waals surface area contributed by atoms with Crippen molar-refractivity contribution in [1.29, 1.82) is 0 Å². The quantitative estimate of drug-likeness (QED) is 0.717. The molecule has 1 saturated heterocycles. The van der Waals surface area contributed by atoms with Crippen molar-refractivity contribution in [3.63, 3.8) is 0 Å². The minimum absolute atomic E-state index is 0.0919. The Hall–Kier alpha value is -1.90. The Balaban J connectivity index is 1.60. The van der Waals surface area contributed by atoms with E-state index < -0.39 is 10.0 Å². The SMILES string of the molecule is COc1ccc(S(=O)(=O)N2CCC(C(=O)N(C)Cc3sccc3C)CC2)cc1. The summed E-state index contributed by atoms with van der Waals surface area (Å²) in [6, 6.07) is 8.46. The molecule has 0 aliphatic carbocycles. The third-order valence-corrected chi connectivity index (χ3v) is 8.15. The van der Waals surface area contributed by atoms with Gasteiger partial charge >= 0.3 is 0 Å². The first-order chi connectivity index (χ1) is 13.3. The average molecular weight is 423 g/mol. The highest BCUT2D eigenvalue weighted by molar-refractivity contribution is 7.89. The van der Waals surface area contributed by atoms with Gasteiger partial charge in [0.15, 0.2) is 0 Å². The number of aryl methyl sites for hydroxylation is 1. The van der Waals surface area contributed by atoms with Crippen LogP contribution in [0.15, 0.2) is 40.6 Å². The largest absolute Gasteiger partial charge is 0.497 e. The van der Waals surface area contributed by atoms with Crippen LogP contribution in [0.3, 0.4) is 0 Å². The van der Waals surface area contributed by atoms with Crippen molar-refractivity contribution in [3.05, 3.63) is 46.2 Å². The molecule has 3 rings (SSSR count). The molecule has 0 unspecified atom stereocenters. The van der Waals surface area contributed by atoms with Gasteiger partial charge in [0.25, 0.3) is 0 Å². The molecule has 2 aromatic rings. The Labute approximate surface area is 170 Å². The van der Waals surface area contributed by atoms with Gasteiger partial charge in [-0.05, 0) is 61.0 Å². The Bertz CT molecular complexity index is 914. The lowest BCUT2D eigenvalue weighted by Crippen LogP contribution is -2.43. The van der Waals surface area contributed by atoms with E-state index in [9.17, 15) is 13.2 Å². The first-order valence-electron chi connectivity index (χ1n) is 9.25. The van der Waals surface area contributed by atoms with Gasteiger partial charge in [-0.15, -0.1) is 11.3 Å². The zero-order chi connectivity index (χ0) is 20.3. The van der Waals surface area contributed by atoms with Gasteiger partial charge < -0.3 is 9.64 Å². The molecule has 0 spiro atoms. The van der Waals surface area contributed by atoms with Gasteiger partial charge in [-0.2, -0.15) is 4.31 Å². The Morgan fingerprint density at radius 3 is 2.39 bits per heavy atom. The molecule has 6 nitrogen and oxygen atoms in total. The molecule has 1 amide bonds. The van der Waals surface area contributed by atoms with Crippen LogP contribution in [0.5, 0.6) is 5.75 Å². The number of hydrogen-bond acceptors (Lipinski definition) is 5. The second-order valence-corrected chi connectivity index (χ2v) is 10.0. The Morgan fingerprint density at radius 1 is 1.21 bits per heavy atom. The highest BCUT2D eigenvalue weighted by atomic mass is 32.2. The molecule has 8 heteroatoms. The van der Waals surface area contributed by atoms with Crippen LogP contribution in [-0.2, 0) is 21.4 Å². The highest BCUT2D eigenvalue weighted by Crippen LogP contribution is 2.27. The number of rotatable bonds is 6. The smallest absolute Gasteiger partial charge is 0.243 e. The molecular weight excluding hydrogens is 396 g/mol. The van der Waals surface area contributed by atoms with Crippen LogP contribution in [0.25, 0.3) is 0 Å². The lowest BCUT2D eigenvalue weighted by molar-refractivity contribution is -0.135. The molecule has 1 aliphatic heterocycles. The van der Waals surface area contributed by atoms with E-state index in [0.29, 0.717) is 38.2 Å². The van der Waals surface area contributed by atoms with E-state index in [-0.39, 0.29) is 16.7 Å². The molecule has 1 aliphatic rings. The molecule has 28 heavy (non-hydrogen) atoms. The van der Waals surface area contributed by atoms with Crippen molar-refractivity contribution in [3.8, 4) is 5.75 Å². The van der Waals surface area contributed by atoms with Gasteiger partial charge in [0, 0.05) is 30.9 Å². The monoisotopic (exact) mass is 422 g/mol. The van der Waals surface area contributed by atoms with E-state index in [0.717, 1.165) is 0 Å². The van der Waals surface area contributed by atoms with Crippen LogP contribution in [-0.4, -0.2) is 50.8 Å². The lowest BCUT2D eigenvalue weighted by Gasteiger charge is -2.32. The van der Waals surface area contributed by atoms with Crippen LogP contribution in [0.2, 0.25) is 0 Å². The lowest BCUT2D eigenvalue weighted by atomic mass is 9.96. The van der Waals surface area contributed by atoms with Crippen molar-refractivity contribution in [2.45, 2.75) is 31.2 Å². The van der Waals surface area contributed by atoms with Crippen LogP contribution >= 0.6 is 11.3 Å². The normalized spacial score (nSPS) is 16.1. The maximum Gasteiger partial charge on any atom is 0.243 e. The zero-order valence-electron chi connectivity index (χ0n) is 16.4. The summed E-state index contributed by atoms with van der Waals surface area (Å²) in [5.74, 6) is 0.578. The number of methoxy groups -OCH3 is 1. The minimum atomic E-state index is -3.55. The number of carbonyl (C=O) groups is 1. The molecule has 1 aromatic carbocycles. The zero-order valence-corrected chi connectivity index (χ0v) is 18.1. The maximum absolute atomic E-state index is 12.8. The topological polar surface area (TPSA) is 66.9 Å². The number of ether oxygens (including phenoxy) is 1. The number of nitrogens with zero attached hydrogens (tertiary/aromatic N) is 2. The first-order valence-corrected chi connectivity index (χ1v) is 11.6. The summed E-state index contributed by atoms with van der Waals surface area (Å²) in [6.45, 7) is 3.37. The van der Waals surface area contributed by atoms with Crippen LogP contribution in [0, 0.1) is 12.8 Å². The Morgan fingerprint density at radius 2 is 1.86 bits per heavy atom. The fourth-order valence-electron chi connectivity index (χ4n) is 3.41. The number of sulfonamides is 1. The van der Waals surface area contributed by atoms with E-state index >= 15 is 0 Å². The first kappa shape index (κ1) is 20.8. The number of hydrogen-bond donors (Lipinski definition) is 0. The summed E-state index contributed by atoms with van der Waals surface area (Å²) in [4.78, 5) is 16.0. The second kappa shape index (κ2) is 8.63. The number of carbonyl (C=O) groups excluding carboxylic acids is 1. The molecule has 152 valence electrons. The third kappa shape index (κ3) is 4.39. The van der Waals surface area contributed by atoms with E-state index in [1.54, 1.807) is 47.6 Å².